The zero-order valence-electron chi connectivity index (χ0n) is 13.8. The van der Waals surface area contributed by atoms with Crippen LogP contribution in [0.25, 0.3) is 0 Å². The smallest absolute Gasteiger partial charge is 0.254 e. The zero-order chi connectivity index (χ0) is 17.1. The van der Waals surface area contributed by atoms with Crippen LogP contribution in [0.4, 0.5) is 4.39 Å². The third-order valence-corrected chi connectivity index (χ3v) is 4.40. The molecular weight excluding hydrogens is 309 g/mol. The minimum Gasteiger partial charge on any atom is -0.497 e. The second-order valence-electron chi connectivity index (χ2n) is 5.77. The van der Waals surface area contributed by atoms with E-state index in [0.717, 1.165) is 29.9 Å². The Kier molecular flexibility index (Phi) is 4.69. The van der Waals surface area contributed by atoms with Gasteiger partial charge in [-0.1, -0.05) is 0 Å². The third-order valence-electron chi connectivity index (χ3n) is 4.40. The van der Waals surface area contributed by atoms with Crippen molar-refractivity contribution in [3.8, 4) is 11.5 Å². The number of rotatable bonds is 4. The molecule has 1 atom stereocenters. The van der Waals surface area contributed by atoms with Crippen molar-refractivity contribution >= 4 is 5.91 Å². The summed E-state index contributed by atoms with van der Waals surface area (Å²) in [7, 11) is 3.23. The molecule has 1 saturated heterocycles. The Labute approximate surface area is 140 Å². The molecule has 0 aromatic heterocycles. The number of hydrogen-bond donors (Lipinski definition) is 0. The van der Waals surface area contributed by atoms with E-state index in [1.165, 1.54) is 24.3 Å². The highest BCUT2D eigenvalue weighted by Crippen LogP contribution is 2.39. The number of nitrogens with zero attached hydrogens (tertiary/aromatic N) is 1. The molecule has 0 saturated carbocycles. The van der Waals surface area contributed by atoms with E-state index < -0.39 is 0 Å². The molecule has 1 unspecified atom stereocenters. The summed E-state index contributed by atoms with van der Waals surface area (Å²) in [6.45, 7) is 0.668. The standard InChI is InChI=1S/C19H20FNO3/c1-23-15-9-10-18(24-2)16(12-15)17-4-3-11-21(17)19(22)13-5-7-14(20)8-6-13/h5-10,12,17H,3-4,11H2,1-2H3. The molecule has 1 aliphatic rings. The summed E-state index contributed by atoms with van der Waals surface area (Å²) in [5, 5.41) is 0. The van der Waals surface area contributed by atoms with Crippen LogP contribution >= 0.6 is 0 Å². The van der Waals surface area contributed by atoms with Gasteiger partial charge in [0, 0.05) is 17.7 Å². The predicted molar refractivity (Wildman–Crippen MR) is 89.0 cm³/mol. The second kappa shape index (κ2) is 6.91. The molecule has 1 heterocycles. The molecule has 0 aliphatic carbocycles. The fourth-order valence-corrected chi connectivity index (χ4v) is 3.19. The van der Waals surface area contributed by atoms with Gasteiger partial charge in [-0.2, -0.15) is 0 Å². The maximum Gasteiger partial charge on any atom is 0.254 e. The number of likely N-dealkylation sites (tertiary alicyclic amines) is 1. The summed E-state index contributed by atoms with van der Waals surface area (Å²) in [6, 6.07) is 11.2. The Hall–Kier alpha value is -2.56. The number of carbonyl (C=O) groups is 1. The molecule has 1 fully saturated rings. The lowest BCUT2D eigenvalue weighted by atomic mass is 10.0. The van der Waals surface area contributed by atoms with Gasteiger partial charge in [0.1, 0.15) is 17.3 Å². The van der Waals surface area contributed by atoms with Crippen molar-refractivity contribution in [1.29, 1.82) is 0 Å². The van der Waals surface area contributed by atoms with Gasteiger partial charge in [0.25, 0.3) is 5.91 Å². The quantitative estimate of drug-likeness (QED) is 0.856. The first-order valence-corrected chi connectivity index (χ1v) is 7.92. The van der Waals surface area contributed by atoms with E-state index in [0.29, 0.717) is 12.1 Å². The van der Waals surface area contributed by atoms with Crippen molar-refractivity contribution in [3.05, 3.63) is 59.4 Å². The lowest BCUT2D eigenvalue weighted by Crippen LogP contribution is -2.30. The highest BCUT2D eigenvalue weighted by atomic mass is 19.1. The molecule has 1 aliphatic heterocycles. The van der Waals surface area contributed by atoms with Crippen molar-refractivity contribution < 1.29 is 18.7 Å². The number of ether oxygens (including phenoxy) is 2. The molecule has 0 radical (unpaired) electrons. The first-order valence-electron chi connectivity index (χ1n) is 7.92. The lowest BCUT2D eigenvalue weighted by Gasteiger charge is -2.26. The van der Waals surface area contributed by atoms with Crippen LogP contribution < -0.4 is 9.47 Å². The molecule has 3 rings (SSSR count). The van der Waals surface area contributed by atoms with Crippen LogP contribution in [0.5, 0.6) is 11.5 Å². The van der Waals surface area contributed by atoms with Gasteiger partial charge >= 0.3 is 0 Å². The topological polar surface area (TPSA) is 38.8 Å². The molecule has 24 heavy (non-hydrogen) atoms. The van der Waals surface area contributed by atoms with Crippen molar-refractivity contribution in [2.45, 2.75) is 18.9 Å². The fourth-order valence-electron chi connectivity index (χ4n) is 3.19. The summed E-state index contributed by atoms with van der Waals surface area (Å²) >= 11 is 0. The largest absolute Gasteiger partial charge is 0.497 e. The molecule has 2 aromatic rings. The first-order chi connectivity index (χ1) is 11.6. The van der Waals surface area contributed by atoms with Gasteiger partial charge < -0.3 is 14.4 Å². The average Bonchev–Trinajstić information content (AvgIpc) is 3.10. The molecule has 0 spiro atoms. The van der Waals surface area contributed by atoms with Crippen molar-refractivity contribution in [2.75, 3.05) is 20.8 Å². The number of halogens is 1. The van der Waals surface area contributed by atoms with Crippen LogP contribution in [0.2, 0.25) is 0 Å². The van der Waals surface area contributed by atoms with Crippen molar-refractivity contribution in [2.24, 2.45) is 0 Å². The Morgan fingerprint density at radius 1 is 1.12 bits per heavy atom. The molecule has 4 nitrogen and oxygen atoms in total. The van der Waals surface area contributed by atoms with Crippen LogP contribution in [0.3, 0.4) is 0 Å². The Morgan fingerprint density at radius 3 is 2.54 bits per heavy atom. The van der Waals surface area contributed by atoms with Crippen molar-refractivity contribution in [1.82, 2.24) is 4.90 Å². The summed E-state index contributed by atoms with van der Waals surface area (Å²) < 4.78 is 23.9. The molecule has 5 heteroatoms. The number of methoxy groups -OCH3 is 2. The van der Waals surface area contributed by atoms with Gasteiger partial charge in [0.15, 0.2) is 0 Å². The maximum absolute atomic E-state index is 13.1. The monoisotopic (exact) mass is 329 g/mol. The van der Waals surface area contributed by atoms with Gasteiger partial charge in [-0.3, -0.25) is 4.79 Å². The minimum absolute atomic E-state index is 0.0763. The summed E-state index contributed by atoms with van der Waals surface area (Å²) in [4.78, 5) is 14.7. The van der Waals surface area contributed by atoms with Crippen LogP contribution in [-0.4, -0.2) is 31.6 Å². The van der Waals surface area contributed by atoms with Gasteiger partial charge in [-0.15, -0.1) is 0 Å². The SMILES string of the molecule is COc1ccc(OC)c(C2CCCN2C(=O)c2ccc(F)cc2)c1. The lowest BCUT2D eigenvalue weighted by molar-refractivity contribution is 0.0734. The summed E-state index contributed by atoms with van der Waals surface area (Å²) in [5.74, 6) is 1.02. The van der Waals surface area contributed by atoms with E-state index >= 15 is 0 Å². The number of benzene rings is 2. The van der Waals surface area contributed by atoms with Gasteiger partial charge in [0.05, 0.1) is 20.3 Å². The van der Waals surface area contributed by atoms with Crippen LogP contribution in [0.1, 0.15) is 34.8 Å². The van der Waals surface area contributed by atoms with E-state index in [1.54, 1.807) is 14.2 Å². The van der Waals surface area contributed by atoms with Gasteiger partial charge in [0.2, 0.25) is 0 Å². The van der Waals surface area contributed by atoms with E-state index in [-0.39, 0.29) is 17.8 Å². The number of carbonyl (C=O) groups excluding carboxylic acids is 1. The van der Waals surface area contributed by atoms with Crippen molar-refractivity contribution in [3.63, 3.8) is 0 Å². The second-order valence-corrected chi connectivity index (χ2v) is 5.77. The molecule has 2 aromatic carbocycles. The zero-order valence-corrected chi connectivity index (χ0v) is 13.8. The highest BCUT2D eigenvalue weighted by Gasteiger charge is 2.32. The molecular formula is C19H20FNO3. The van der Waals surface area contributed by atoms with Crippen LogP contribution in [0, 0.1) is 5.82 Å². The summed E-state index contributed by atoms with van der Waals surface area (Å²) in [5.41, 5.74) is 1.43. The molecule has 0 N–H and O–H groups in total. The van der Waals surface area contributed by atoms with E-state index in [9.17, 15) is 9.18 Å². The Morgan fingerprint density at radius 2 is 1.88 bits per heavy atom. The average molecular weight is 329 g/mol. The van der Waals surface area contributed by atoms with E-state index in [2.05, 4.69) is 0 Å². The van der Waals surface area contributed by atoms with Gasteiger partial charge in [-0.05, 0) is 55.3 Å². The molecule has 126 valence electrons. The summed E-state index contributed by atoms with van der Waals surface area (Å²) in [6.07, 6.45) is 1.77. The van der Waals surface area contributed by atoms with E-state index in [1.807, 2.05) is 23.1 Å². The number of amides is 1. The van der Waals surface area contributed by atoms with Gasteiger partial charge in [-0.25, -0.2) is 4.39 Å². The maximum atomic E-state index is 13.1. The fraction of sp³-hybridized carbons (Fsp3) is 0.316. The third kappa shape index (κ3) is 3.07. The normalized spacial score (nSPS) is 17.0. The minimum atomic E-state index is -0.348. The molecule has 1 amide bonds. The van der Waals surface area contributed by atoms with Crippen LogP contribution in [0.15, 0.2) is 42.5 Å². The number of hydrogen-bond acceptors (Lipinski definition) is 3. The molecule has 0 bridgehead atoms. The Balaban J connectivity index is 1.93. The Bertz CT molecular complexity index is 730. The first kappa shape index (κ1) is 16.3. The predicted octanol–water partition coefficient (Wildman–Crippen LogP) is 3.82. The van der Waals surface area contributed by atoms with Crippen LogP contribution in [-0.2, 0) is 0 Å². The highest BCUT2D eigenvalue weighted by molar-refractivity contribution is 5.94. The van der Waals surface area contributed by atoms with E-state index in [4.69, 9.17) is 9.47 Å².